The van der Waals surface area contributed by atoms with Crippen LogP contribution in [0.25, 0.3) is 0 Å². The molecule has 0 aliphatic rings. The molecule has 0 fully saturated rings. The summed E-state index contributed by atoms with van der Waals surface area (Å²) >= 11 is 6.01. The summed E-state index contributed by atoms with van der Waals surface area (Å²) in [5.41, 5.74) is 2.23. The second-order valence-electron chi connectivity index (χ2n) is 5.53. The topological polar surface area (TPSA) is 53.9 Å². The summed E-state index contributed by atoms with van der Waals surface area (Å²) in [6, 6.07) is 17.9. The minimum absolute atomic E-state index is 0.585. The molecule has 0 saturated heterocycles. The largest absolute Gasteiger partial charge is 0.368 e. The predicted molar refractivity (Wildman–Crippen MR) is 103 cm³/mol. The Kier molecular flexibility index (Phi) is 5.80. The van der Waals surface area contributed by atoms with Crippen LogP contribution < -0.4 is 10.2 Å². The van der Waals surface area contributed by atoms with Crippen molar-refractivity contribution >= 4 is 29.1 Å². The maximum absolute atomic E-state index is 6.01. The van der Waals surface area contributed by atoms with Gasteiger partial charge in [0.1, 0.15) is 0 Å². The Morgan fingerprint density at radius 2 is 1.92 bits per heavy atom. The van der Waals surface area contributed by atoms with Gasteiger partial charge in [-0.15, -0.1) is 5.10 Å². The minimum Gasteiger partial charge on any atom is -0.368 e. The second kappa shape index (κ2) is 8.44. The SMILES string of the molecule is CCN(c1ccccc1)c1nncc(NCCc2cccc(Cl)c2)n1. The zero-order valence-corrected chi connectivity index (χ0v) is 14.8. The van der Waals surface area contributed by atoms with Crippen molar-refractivity contribution in [2.45, 2.75) is 13.3 Å². The van der Waals surface area contributed by atoms with Gasteiger partial charge in [-0.05, 0) is 43.2 Å². The molecule has 0 amide bonds. The van der Waals surface area contributed by atoms with Crippen LogP contribution in [0.1, 0.15) is 12.5 Å². The monoisotopic (exact) mass is 353 g/mol. The first-order valence-electron chi connectivity index (χ1n) is 8.27. The average molecular weight is 354 g/mol. The third-order valence-electron chi connectivity index (χ3n) is 3.78. The third kappa shape index (κ3) is 4.67. The predicted octanol–water partition coefficient (Wildman–Crippen LogP) is 4.34. The van der Waals surface area contributed by atoms with Crippen molar-refractivity contribution in [1.82, 2.24) is 15.2 Å². The molecule has 128 valence electrons. The lowest BCUT2D eigenvalue weighted by molar-refractivity contribution is 0.878. The summed E-state index contributed by atoms with van der Waals surface area (Å²) in [7, 11) is 0. The zero-order chi connectivity index (χ0) is 17.5. The Morgan fingerprint density at radius 3 is 2.68 bits per heavy atom. The number of hydrogen-bond acceptors (Lipinski definition) is 5. The van der Waals surface area contributed by atoms with Crippen LogP contribution in [0, 0.1) is 0 Å². The highest BCUT2D eigenvalue weighted by Gasteiger charge is 2.11. The van der Waals surface area contributed by atoms with Crippen molar-refractivity contribution in [3.05, 3.63) is 71.4 Å². The number of hydrogen-bond donors (Lipinski definition) is 1. The summed E-state index contributed by atoms with van der Waals surface area (Å²) in [6.45, 7) is 3.57. The van der Waals surface area contributed by atoms with E-state index in [4.69, 9.17) is 11.6 Å². The smallest absolute Gasteiger partial charge is 0.251 e. The van der Waals surface area contributed by atoms with Gasteiger partial charge in [0.25, 0.3) is 5.95 Å². The molecule has 3 aromatic rings. The lowest BCUT2D eigenvalue weighted by Gasteiger charge is -2.20. The summed E-state index contributed by atoms with van der Waals surface area (Å²) in [6.07, 6.45) is 2.50. The van der Waals surface area contributed by atoms with Crippen LogP contribution in [0.15, 0.2) is 60.8 Å². The fraction of sp³-hybridized carbons (Fsp3) is 0.211. The van der Waals surface area contributed by atoms with Gasteiger partial charge in [-0.1, -0.05) is 41.9 Å². The first-order chi connectivity index (χ1) is 12.3. The number of aromatic nitrogens is 3. The molecule has 1 aromatic heterocycles. The van der Waals surface area contributed by atoms with E-state index >= 15 is 0 Å². The van der Waals surface area contributed by atoms with E-state index in [0.717, 1.165) is 30.2 Å². The Bertz CT molecular complexity index is 810. The van der Waals surface area contributed by atoms with E-state index in [1.807, 2.05) is 53.4 Å². The number of nitrogens with one attached hydrogen (secondary N) is 1. The molecule has 3 rings (SSSR count). The number of rotatable bonds is 7. The Hall–Kier alpha value is -2.66. The summed E-state index contributed by atoms with van der Waals surface area (Å²) < 4.78 is 0. The van der Waals surface area contributed by atoms with Crippen LogP contribution in [0.2, 0.25) is 5.02 Å². The van der Waals surface area contributed by atoms with E-state index in [2.05, 4.69) is 33.5 Å². The maximum Gasteiger partial charge on any atom is 0.251 e. The van der Waals surface area contributed by atoms with Gasteiger partial charge in [0, 0.05) is 23.8 Å². The lowest BCUT2D eigenvalue weighted by Crippen LogP contribution is -2.20. The summed E-state index contributed by atoms with van der Waals surface area (Å²) in [5.74, 6) is 1.29. The van der Waals surface area contributed by atoms with Gasteiger partial charge in [0.2, 0.25) is 0 Å². The van der Waals surface area contributed by atoms with Crippen LogP contribution in [0.3, 0.4) is 0 Å². The van der Waals surface area contributed by atoms with Crippen LogP contribution >= 0.6 is 11.6 Å². The van der Waals surface area contributed by atoms with Gasteiger partial charge in [0.05, 0.1) is 6.20 Å². The molecule has 0 bridgehead atoms. The number of anilines is 3. The molecule has 1 heterocycles. The van der Waals surface area contributed by atoms with Crippen molar-refractivity contribution in [1.29, 1.82) is 0 Å². The number of halogens is 1. The van der Waals surface area contributed by atoms with Gasteiger partial charge in [-0.25, -0.2) is 0 Å². The van der Waals surface area contributed by atoms with E-state index in [-0.39, 0.29) is 0 Å². The van der Waals surface area contributed by atoms with E-state index in [1.165, 1.54) is 5.56 Å². The molecule has 0 aliphatic carbocycles. The highest BCUT2D eigenvalue weighted by Crippen LogP contribution is 2.21. The van der Waals surface area contributed by atoms with Gasteiger partial charge in [-0.3, -0.25) is 0 Å². The molecule has 0 aliphatic heterocycles. The lowest BCUT2D eigenvalue weighted by atomic mass is 10.1. The zero-order valence-electron chi connectivity index (χ0n) is 14.1. The first kappa shape index (κ1) is 17.2. The van der Waals surface area contributed by atoms with Crippen LogP contribution in [-0.4, -0.2) is 28.3 Å². The highest BCUT2D eigenvalue weighted by atomic mass is 35.5. The van der Waals surface area contributed by atoms with E-state index in [0.29, 0.717) is 11.8 Å². The van der Waals surface area contributed by atoms with Gasteiger partial charge >= 0.3 is 0 Å². The highest BCUT2D eigenvalue weighted by molar-refractivity contribution is 6.30. The van der Waals surface area contributed by atoms with Gasteiger partial charge < -0.3 is 10.2 Å². The number of nitrogens with zero attached hydrogens (tertiary/aromatic N) is 4. The van der Waals surface area contributed by atoms with Crippen molar-refractivity contribution in [2.24, 2.45) is 0 Å². The standard InChI is InChI=1S/C19H20ClN5/c1-2-25(17-9-4-3-5-10-17)19-23-18(14-22-24-19)21-12-11-15-7-6-8-16(20)13-15/h3-10,13-14H,2,11-12H2,1H3,(H,21,23,24). The molecule has 0 spiro atoms. The van der Waals surface area contributed by atoms with Gasteiger partial charge in [-0.2, -0.15) is 10.1 Å². The summed E-state index contributed by atoms with van der Waals surface area (Å²) in [5, 5.41) is 12.3. The summed E-state index contributed by atoms with van der Waals surface area (Å²) in [4.78, 5) is 6.61. The fourth-order valence-electron chi connectivity index (χ4n) is 2.57. The van der Waals surface area contributed by atoms with Crippen LogP contribution in [-0.2, 0) is 6.42 Å². The molecule has 25 heavy (non-hydrogen) atoms. The second-order valence-corrected chi connectivity index (χ2v) is 5.96. The molecular weight excluding hydrogens is 334 g/mol. The Labute approximate surface area is 152 Å². The molecule has 5 nitrogen and oxygen atoms in total. The molecule has 2 aromatic carbocycles. The molecule has 0 atom stereocenters. The Morgan fingerprint density at radius 1 is 1.08 bits per heavy atom. The van der Waals surface area contributed by atoms with Crippen molar-refractivity contribution in [3.63, 3.8) is 0 Å². The fourth-order valence-corrected chi connectivity index (χ4v) is 2.78. The molecule has 1 N–H and O–H groups in total. The van der Waals surface area contributed by atoms with Crippen LogP contribution in [0.4, 0.5) is 17.5 Å². The normalized spacial score (nSPS) is 10.5. The van der Waals surface area contributed by atoms with E-state index in [1.54, 1.807) is 6.20 Å². The van der Waals surface area contributed by atoms with Crippen molar-refractivity contribution in [3.8, 4) is 0 Å². The Balaban J connectivity index is 1.66. The first-order valence-corrected chi connectivity index (χ1v) is 8.64. The number of benzene rings is 2. The van der Waals surface area contributed by atoms with Gasteiger partial charge in [0.15, 0.2) is 5.82 Å². The molecule has 0 saturated carbocycles. The van der Waals surface area contributed by atoms with E-state index in [9.17, 15) is 0 Å². The molecule has 0 radical (unpaired) electrons. The minimum atomic E-state index is 0.585. The quantitative estimate of drug-likeness (QED) is 0.684. The van der Waals surface area contributed by atoms with Crippen molar-refractivity contribution < 1.29 is 0 Å². The molecule has 0 unspecified atom stereocenters. The maximum atomic E-state index is 6.01. The molecule has 6 heteroatoms. The van der Waals surface area contributed by atoms with E-state index < -0.39 is 0 Å². The number of para-hydroxylation sites is 1. The molecular formula is C19H20ClN5. The average Bonchev–Trinajstić information content (AvgIpc) is 2.64. The van der Waals surface area contributed by atoms with Crippen LogP contribution in [0.5, 0.6) is 0 Å². The third-order valence-corrected chi connectivity index (χ3v) is 4.02. The van der Waals surface area contributed by atoms with Crippen molar-refractivity contribution in [2.75, 3.05) is 23.3 Å².